The van der Waals surface area contributed by atoms with E-state index in [-0.39, 0.29) is 25.7 Å². The van der Waals surface area contributed by atoms with Gasteiger partial charge in [0.25, 0.3) is 0 Å². The van der Waals surface area contributed by atoms with Crippen molar-refractivity contribution in [2.45, 2.75) is 374 Å². The van der Waals surface area contributed by atoms with E-state index < -0.39 is 97.5 Å². The Bertz CT molecular complexity index is 1700. The highest BCUT2D eigenvalue weighted by molar-refractivity contribution is 7.47. The van der Waals surface area contributed by atoms with E-state index in [0.29, 0.717) is 31.6 Å². The fourth-order valence-electron chi connectivity index (χ4n) is 10.5. The first kappa shape index (κ1) is 86.1. The van der Waals surface area contributed by atoms with Gasteiger partial charge in [-0.3, -0.25) is 37.3 Å². The lowest BCUT2D eigenvalue weighted by Gasteiger charge is -2.21. The van der Waals surface area contributed by atoms with Crippen LogP contribution in [0.15, 0.2) is 0 Å². The number of unbranched alkanes of at least 4 members (excludes halogenated alkanes) is 41. The maximum Gasteiger partial charge on any atom is 0.472 e. The summed E-state index contributed by atoms with van der Waals surface area (Å²) in [5, 5.41) is 10.6. The van der Waals surface area contributed by atoms with Crippen LogP contribution in [0.1, 0.15) is 356 Å². The molecule has 0 saturated carbocycles. The first-order valence-electron chi connectivity index (χ1n) is 36.1. The molecule has 0 saturated heterocycles. The molecule has 17 nitrogen and oxygen atoms in total. The number of aliphatic hydroxyl groups excluding tert-OH is 1. The lowest BCUT2D eigenvalue weighted by atomic mass is 10.0. The molecule has 522 valence electrons. The van der Waals surface area contributed by atoms with Crippen molar-refractivity contribution in [3.63, 3.8) is 0 Å². The summed E-state index contributed by atoms with van der Waals surface area (Å²) in [4.78, 5) is 72.3. The third-order valence-corrected chi connectivity index (χ3v) is 17.9. The van der Waals surface area contributed by atoms with Gasteiger partial charge in [-0.1, -0.05) is 304 Å². The molecule has 3 N–H and O–H groups in total. The summed E-state index contributed by atoms with van der Waals surface area (Å²) >= 11 is 0. The lowest BCUT2D eigenvalue weighted by molar-refractivity contribution is -0.161. The average molecular weight is 1300 g/mol. The van der Waals surface area contributed by atoms with Crippen LogP contribution < -0.4 is 0 Å². The number of rotatable bonds is 69. The minimum Gasteiger partial charge on any atom is -0.462 e. The lowest BCUT2D eigenvalue weighted by Crippen LogP contribution is -2.30. The molecule has 0 spiro atoms. The molecule has 0 aromatic carbocycles. The first-order valence-corrected chi connectivity index (χ1v) is 39.1. The highest BCUT2D eigenvalue weighted by Gasteiger charge is 2.30. The minimum atomic E-state index is -4.95. The topological polar surface area (TPSA) is 237 Å². The van der Waals surface area contributed by atoms with Crippen molar-refractivity contribution < 1.29 is 80.2 Å². The van der Waals surface area contributed by atoms with Crippen LogP contribution in [-0.4, -0.2) is 96.7 Å². The number of esters is 4. The van der Waals surface area contributed by atoms with Gasteiger partial charge in [-0.15, -0.1) is 0 Å². The Kier molecular flexibility index (Phi) is 61.1. The van der Waals surface area contributed by atoms with E-state index in [4.69, 9.17) is 37.0 Å². The third kappa shape index (κ3) is 62.8. The largest absolute Gasteiger partial charge is 0.472 e. The minimum absolute atomic E-state index is 0.102. The Hall–Kier alpha value is -1.94. The van der Waals surface area contributed by atoms with Crippen molar-refractivity contribution in [3.05, 3.63) is 0 Å². The van der Waals surface area contributed by atoms with E-state index >= 15 is 0 Å². The van der Waals surface area contributed by atoms with Gasteiger partial charge >= 0.3 is 39.5 Å². The van der Waals surface area contributed by atoms with Gasteiger partial charge < -0.3 is 33.8 Å². The molecule has 2 unspecified atom stereocenters. The zero-order chi connectivity index (χ0) is 64.9. The zero-order valence-corrected chi connectivity index (χ0v) is 58.6. The van der Waals surface area contributed by atoms with E-state index in [1.807, 2.05) is 0 Å². The van der Waals surface area contributed by atoms with E-state index in [9.17, 15) is 43.2 Å². The summed E-state index contributed by atoms with van der Waals surface area (Å²) < 4.78 is 68.1. The quantitative estimate of drug-likeness (QED) is 0.0222. The van der Waals surface area contributed by atoms with E-state index in [1.54, 1.807) is 0 Å². The monoisotopic (exact) mass is 1300 g/mol. The molecule has 0 fully saturated rings. The molecule has 19 heteroatoms. The number of carbonyl (C=O) groups excluding carboxylic acids is 4. The normalized spacial score (nSPS) is 14.1. The molecule has 0 radical (unpaired) electrons. The number of phosphoric acid groups is 2. The summed E-state index contributed by atoms with van der Waals surface area (Å²) in [5.41, 5.74) is 0. The summed E-state index contributed by atoms with van der Waals surface area (Å²) in [6, 6.07) is 0. The van der Waals surface area contributed by atoms with E-state index in [1.165, 1.54) is 180 Å². The van der Waals surface area contributed by atoms with E-state index in [2.05, 4.69) is 34.6 Å². The average Bonchev–Trinajstić information content (AvgIpc) is 3.55. The van der Waals surface area contributed by atoms with Crippen molar-refractivity contribution in [1.82, 2.24) is 0 Å². The van der Waals surface area contributed by atoms with Crippen LogP contribution in [0.5, 0.6) is 0 Å². The Morgan fingerprint density at radius 2 is 0.523 bits per heavy atom. The third-order valence-electron chi connectivity index (χ3n) is 16.0. The van der Waals surface area contributed by atoms with Crippen LogP contribution in [0.3, 0.4) is 0 Å². The molecule has 5 atom stereocenters. The summed E-state index contributed by atoms with van der Waals surface area (Å²) in [5.74, 6) is -1.46. The van der Waals surface area contributed by atoms with Crippen LogP contribution >= 0.6 is 15.6 Å². The van der Waals surface area contributed by atoms with Crippen LogP contribution in [-0.2, 0) is 65.4 Å². The highest BCUT2D eigenvalue weighted by atomic mass is 31.2. The first-order chi connectivity index (χ1) is 42.5. The van der Waals surface area contributed by atoms with Gasteiger partial charge in [-0.05, 0) is 31.6 Å². The number of aliphatic hydroxyl groups is 1. The van der Waals surface area contributed by atoms with Gasteiger partial charge in [0.1, 0.15) is 19.3 Å². The Morgan fingerprint density at radius 3 is 0.773 bits per heavy atom. The van der Waals surface area contributed by atoms with Crippen molar-refractivity contribution in [3.8, 4) is 0 Å². The molecule has 0 bridgehead atoms. The molecule has 0 aliphatic heterocycles. The number of phosphoric ester groups is 2. The molecule has 0 rings (SSSR count). The van der Waals surface area contributed by atoms with Crippen LogP contribution in [0.2, 0.25) is 0 Å². The van der Waals surface area contributed by atoms with Gasteiger partial charge in [0.2, 0.25) is 0 Å². The molecule has 0 aromatic rings. The molecule has 0 aromatic heterocycles. The summed E-state index contributed by atoms with van der Waals surface area (Å²) in [6.45, 7) is 7.12. The van der Waals surface area contributed by atoms with Gasteiger partial charge in [-0.2, -0.15) is 0 Å². The number of carbonyl (C=O) groups is 4. The standard InChI is InChI=1S/C69H134O17P2/c1-6-9-12-15-18-21-23-24-25-26-27-28-29-30-31-32-35-38-44-49-54-68(73)85-64(58-80-67(72)53-48-43-37-34-22-19-16-13-10-7-2)60-83-87(75,76)81-56-63(70)57-82-88(77,78)84-61-65(86-69(74)55-50-45-40-39-41-46-51-62(4)5)59-79-66(71)52-47-42-36-33-20-17-14-11-8-3/h62-65,70H,6-61H2,1-5H3,(H,75,76)(H,77,78)/t63-,64-,65-/m1/s1. The molecule has 0 aliphatic carbocycles. The molecule has 88 heavy (non-hydrogen) atoms. The molecule has 0 aliphatic rings. The van der Waals surface area contributed by atoms with Crippen molar-refractivity contribution >= 4 is 39.5 Å². The highest BCUT2D eigenvalue weighted by Crippen LogP contribution is 2.45. The second kappa shape index (κ2) is 62.5. The predicted octanol–water partition coefficient (Wildman–Crippen LogP) is 19.7. The van der Waals surface area contributed by atoms with Crippen LogP contribution in [0.4, 0.5) is 0 Å². The molecular weight excluding hydrogens is 1160 g/mol. The second-order valence-corrected chi connectivity index (χ2v) is 28.3. The van der Waals surface area contributed by atoms with Gasteiger partial charge in [0.05, 0.1) is 26.4 Å². The van der Waals surface area contributed by atoms with Crippen molar-refractivity contribution in [2.24, 2.45) is 5.92 Å². The second-order valence-electron chi connectivity index (χ2n) is 25.4. The Labute approximate surface area is 537 Å². The van der Waals surface area contributed by atoms with Gasteiger partial charge in [0.15, 0.2) is 12.2 Å². The van der Waals surface area contributed by atoms with Crippen molar-refractivity contribution in [2.75, 3.05) is 39.6 Å². The smallest absolute Gasteiger partial charge is 0.462 e. The number of ether oxygens (including phenoxy) is 4. The predicted molar refractivity (Wildman–Crippen MR) is 354 cm³/mol. The van der Waals surface area contributed by atoms with E-state index in [0.717, 1.165) is 89.9 Å². The Morgan fingerprint density at radius 1 is 0.307 bits per heavy atom. The molecule has 0 amide bonds. The number of hydrogen-bond donors (Lipinski definition) is 3. The van der Waals surface area contributed by atoms with Crippen molar-refractivity contribution in [1.29, 1.82) is 0 Å². The fourth-order valence-corrected chi connectivity index (χ4v) is 12.0. The maximum atomic E-state index is 13.0. The maximum absolute atomic E-state index is 13.0. The fraction of sp³-hybridized carbons (Fsp3) is 0.942. The Balaban J connectivity index is 5.14. The SMILES string of the molecule is CCCCCCCCCCCCCCCCCCCCCCC(=O)O[C@H](COC(=O)CCCCCCCCCCCC)COP(=O)(O)OC[C@@H](O)COP(=O)(O)OC[C@@H](COC(=O)CCCCCCCCCCC)OC(=O)CCCCCCCCC(C)C. The van der Waals surface area contributed by atoms with Gasteiger partial charge in [0, 0.05) is 25.7 Å². The number of hydrogen-bond acceptors (Lipinski definition) is 15. The summed E-state index contributed by atoms with van der Waals surface area (Å²) in [6.07, 6.45) is 48.9. The summed E-state index contributed by atoms with van der Waals surface area (Å²) in [7, 11) is -9.89. The molecule has 0 heterocycles. The van der Waals surface area contributed by atoms with Crippen LogP contribution in [0.25, 0.3) is 0 Å². The zero-order valence-electron chi connectivity index (χ0n) is 56.9. The molecular formula is C69H134O17P2. The van der Waals surface area contributed by atoms with Crippen LogP contribution in [0, 0.1) is 5.92 Å². The van der Waals surface area contributed by atoms with Gasteiger partial charge in [-0.25, -0.2) is 9.13 Å².